The first-order valence-corrected chi connectivity index (χ1v) is 26.1. The van der Waals surface area contributed by atoms with Crippen molar-refractivity contribution in [3.8, 4) is 16.2 Å². The Morgan fingerprint density at radius 1 is 1.04 bits per heavy atom. The lowest BCUT2D eigenvalue weighted by atomic mass is 9.85. The molecular weight excluding hydrogens is 978 g/mol. The van der Waals surface area contributed by atoms with E-state index in [0.717, 1.165) is 21.7 Å². The second kappa shape index (κ2) is 19.3. The molecular formula is C53H61F3N10O7S. The third-order valence-electron chi connectivity index (χ3n) is 15.7. The van der Waals surface area contributed by atoms with Crippen LogP contribution in [0, 0.1) is 29.6 Å². The number of ether oxygens (including phenoxy) is 1. The number of aromatic amines is 1. The van der Waals surface area contributed by atoms with Crippen molar-refractivity contribution in [1.82, 2.24) is 45.4 Å². The highest BCUT2D eigenvalue weighted by molar-refractivity contribution is 7.13. The van der Waals surface area contributed by atoms with Crippen molar-refractivity contribution in [1.29, 1.82) is 0 Å². The van der Waals surface area contributed by atoms with Crippen LogP contribution in [0.15, 0.2) is 66.4 Å². The summed E-state index contributed by atoms with van der Waals surface area (Å²) in [5.74, 6) is -5.60. The third-order valence-corrected chi connectivity index (χ3v) is 16.6. The van der Waals surface area contributed by atoms with Crippen LogP contribution in [0.4, 0.5) is 18.9 Å². The van der Waals surface area contributed by atoms with Gasteiger partial charge in [0.25, 0.3) is 17.7 Å². The Morgan fingerprint density at radius 3 is 2.50 bits per heavy atom. The number of carbonyl (C=O) groups is 5. The standard InChI is InChI=1S/C53H61F3N10O7S/c1-29-44(74-28-58-29)31-13-14-32(22-57-46(69)38-19-35(67)27-65(38)48(71)45(50(2,3)4)61-49(72)52(54)15-16-52)39(18-31)73-17-9-12-41(68)64-24-33(25-64)43(30-10-7-6-8-11-30)66-26-34(23-59-66)60-47(70)42-36-20-40-51(5,53(40,55)56)21-37(36)62-63-42/h6-8,10-11,13-14,18,23,26,28,33,35,38,40,43,45,67H,9,12,15-17,19-22,24-25,27H2,1-5H3,(H,57,69)(H,60,70)(H,61,72)(H,62,63)/t35-,38+,40+,43-,45?,51-/m1/s1. The van der Waals surface area contributed by atoms with E-state index < -0.39 is 70.2 Å². The van der Waals surface area contributed by atoms with Gasteiger partial charge in [-0.2, -0.15) is 10.2 Å². The number of fused-ring (bicyclic) bond motifs is 2. The fourth-order valence-corrected chi connectivity index (χ4v) is 11.7. The van der Waals surface area contributed by atoms with Gasteiger partial charge in [0.2, 0.25) is 17.7 Å². The first-order chi connectivity index (χ1) is 35.1. The summed E-state index contributed by atoms with van der Waals surface area (Å²) in [5.41, 5.74) is 2.76. The molecule has 17 nitrogen and oxygen atoms in total. The number of nitrogens with zero attached hydrogens (tertiary/aromatic N) is 6. The lowest BCUT2D eigenvalue weighted by Crippen LogP contribution is -2.59. The molecule has 5 amide bonds. The van der Waals surface area contributed by atoms with Gasteiger partial charge in [0.1, 0.15) is 17.8 Å². The normalized spacial score (nSPS) is 23.2. The van der Waals surface area contributed by atoms with Crippen LogP contribution in [0.25, 0.3) is 10.4 Å². The lowest BCUT2D eigenvalue weighted by molar-refractivity contribution is -0.145. The van der Waals surface area contributed by atoms with Crippen LogP contribution < -0.4 is 20.7 Å². The number of carbonyl (C=O) groups excluding carboxylic acids is 5. The molecule has 2 saturated heterocycles. The molecule has 5 aromatic rings. The average Bonchev–Trinajstić information content (AvgIpc) is 3.72. The second-order valence-corrected chi connectivity index (χ2v) is 22.8. The van der Waals surface area contributed by atoms with Crippen LogP contribution in [-0.2, 0) is 38.6 Å². The molecule has 0 radical (unpaired) electrons. The Balaban J connectivity index is 0.751. The number of hydrogen-bond acceptors (Lipinski definition) is 11. The Bertz CT molecular complexity index is 2980. The van der Waals surface area contributed by atoms with Gasteiger partial charge in [-0.25, -0.2) is 18.2 Å². The average molecular weight is 1040 g/mol. The number of aliphatic hydroxyl groups is 1. The predicted molar refractivity (Wildman–Crippen MR) is 267 cm³/mol. The number of alkyl halides is 3. The number of anilines is 1. The predicted octanol–water partition coefficient (Wildman–Crippen LogP) is 6.18. The molecule has 10 rings (SSSR count). The summed E-state index contributed by atoms with van der Waals surface area (Å²) in [6, 6.07) is 13.0. The van der Waals surface area contributed by atoms with E-state index in [2.05, 4.69) is 36.2 Å². The molecule has 21 heteroatoms. The Kier molecular flexibility index (Phi) is 13.3. The van der Waals surface area contributed by atoms with E-state index in [9.17, 15) is 42.3 Å². The van der Waals surface area contributed by atoms with Gasteiger partial charge in [-0.3, -0.25) is 33.8 Å². The van der Waals surface area contributed by atoms with Crippen LogP contribution in [-0.4, -0.2) is 125 Å². The molecule has 4 fully saturated rings. The molecule has 3 aromatic heterocycles. The number of H-pyrrole nitrogens is 1. The largest absolute Gasteiger partial charge is 0.493 e. The number of aromatic nitrogens is 5. The van der Waals surface area contributed by atoms with Crippen LogP contribution >= 0.6 is 11.3 Å². The van der Waals surface area contributed by atoms with Crippen molar-refractivity contribution >= 4 is 46.6 Å². The molecule has 74 heavy (non-hydrogen) atoms. The zero-order valence-corrected chi connectivity index (χ0v) is 42.7. The third kappa shape index (κ3) is 9.68. The van der Waals surface area contributed by atoms with Crippen LogP contribution in [0.5, 0.6) is 5.75 Å². The van der Waals surface area contributed by atoms with E-state index in [4.69, 9.17) is 4.74 Å². The first kappa shape index (κ1) is 50.9. The highest BCUT2D eigenvalue weighted by Gasteiger charge is 2.78. The van der Waals surface area contributed by atoms with Gasteiger partial charge in [0.15, 0.2) is 11.4 Å². The van der Waals surface area contributed by atoms with Crippen molar-refractivity contribution in [2.45, 2.75) is 122 Å². The van der Waals surface area contributed by atoms with Crippen molar-refractivity contribution in [3.05, 3.63) is 100 Å². The first-order valence-electron chi connectivity index (χ1n) is 25.2. The number of amides is 5. The number of likely N-dealkylation sites (tertiary alicyclic amines) is 2. The number of halogens is 3. The number of rotatable bonds is 17. The maximum absolute atomic E-state index is 14.7. The quantitative estimate of drug-likeness (QED) is 0.0667. The zero-order chi connectivity index (χ0) is 52.5. The number of aliphatic hydroxyl groups excluding tert-OH is 1. The van der Waals surface area contributed by atoms with Gasteiger partial charge in [0.05, 0.1) is 46.7 Å². The zero-order valence-electron chi connectivity index (χ0n) is 41.9. The monoisotopic (exact) mass is 1040 g/mol. The van der Waals surface area contributed by atoms with Gasteiger partial charge in [0, 0.05) is 85.7 Å². The van der Waals surface area contributed by atoms with Crippen molar-refractivity contribution in [3.63, 3.8) is 0 Å². The van der Waals surface area contributed by atoms with Crippen molar-refractivity contribution < 1.29 is 47.0 Å². The molecule has 0 spiro atoms. The molecule has 3 aliphatic carbocycles. The minimum Gasteiger partial charge on any atom is -0.493 e. The minimum atomic E-state index is -2.78. The summed E-state index contributed by atoms with van der Waals surface area (Å²) in [6.45, 7) is 9.73. The second-order valence-electron chi connectivity index (χ2n) is 22.0. The Morgan fingerprint density at radius 2 is 1.80 bits per heavy atom. The van der Waals surface area contributed by atoms with Gasteiger partial charge < -0.3 is 35.6 Å². The fourth-order valence-electron chi connectivity index (χ4n) is 10.9. The molecule has 2 aliphatic heterocycles. The van der Waals surface area contributed by atoms with E-state index in [1.807, 2.05) is 55.5 Å². The highest BCUT2D eigenvalue weighted by Crippen LogP contribution is 2.70. The summed E-state index contributed by atoms with van der Waals surface area (Å²) in [6.07, 6.45) is 3.26. The molecule has 5 heterocycles. The number of hydrogen-bond donors (Lipinski definition) is 5. The smallest absolute Gasteiger partial charge is 0.276 e. The van der Waals surface area contributed by atoms with Gasteiger partial charge >= 0.3 is 0 Å². The molecule has 5 N–H and O–H groups in total. The van der Waals surface area contributed by atoms with Crippen LogP contribution in [0.1, 0.15) is 104 Å². The summed E-state index contributed by atoms with van der Waals surface area (Å²) < 4.78 is 52.0. The number of nitrogens with one attached hydrogen (secondary N) is 4. The lowest BCUT2D eigenvalue weighted by Gasteiger charge is -2.43. The van der Waals surface area contributed by atoms with Gasteiger partial charge in [-0.15, -0.1) is 11.3 Å². The topological polar surface area (TPSA) is 217 Å². The minimum absolute atomic E-state index is 0.000609. The van der Waals surface area contributed by atoms with Crippen molar-refractivity contribution in [2.24, 2.45) is 22.7 Å². The SMILES string of the molecule is Cc1ncsc1-c1ccc(CNC(=O)[C@@H]2C[C@@H](O)CN2C(=O)C(NC(=O)C2(F)CC2)C(C)(C)C)c(OCCCC(=O)N2CC([C@@H](c3ccccc3)n3cc(NC(=O)c4n[nH]c5c4C[C@@H]4C(F)(F)[C@]4(C)C5)cn3)C2)c1. The highest BCUT2D eigenvalue weighted by atomic mass is 32.1. The van der Waals surface area contributed by atoms with Crippen LogP contribution in [0.3, 0.4) is 0 Å². The fraction of sp³-hybridized carbons (Fsp3) is 0.509. The van der Waals surface area contributed by atoms with E-state index in [0.29, 0.717) is 47.8 Å². The number of benzene rings is 2. The van der Waals surface area contributed by atoms with E-state index in [1.165, 1.54) is 22.4 Å². The maximum atomic E-state index is 14.7. The number of aryl methyl sites for hydroxylation is 1. The van der Waals surface area contributed by atoms with E-state index >= 15 is 0 Å². The molecule has 0 bridgehead atoms. The maximum Gasteiger partial charge on any atom is 0.276 e. The molecule has 5 aliphatic rings. The Labute approximate surface area is 430 Å². The molecule has 1 unspecified atom stereocenters. The summed E-state index contributed by atoms with van der Waals surface area (Å²) in [7, 11) is 0. The van der Waals surface area contributed by atoms with Crippen LogP contribution in [0.2, 0.25) is 0 Å². The van der Waals surface area contributed by atoms with E-state index in [1.54, 1.807) is 49.0 Å². The summed E-state index contributed by atoms with van der Waals surface area (Å²) in [5, 5.41) is 30.7. The molecule has 392 valence electrons. The molecule has 2 aromatic carbocycles. The van der Waals surface area contributed by atoms with Crippen molar-refractivity contribution in [2.75, 3.05) is 31.6 Å². The van der Waals surface area contributed by atoms with Gasteiger partial charge in [-0.1, -0.05) is 70.2 Å². The summed E-state index contributed by atoms with van der Waals surface area (Å²) in [4.78, 5) is 76.1. The number of β-amino-alcohol motifs (C(OH)–C–C–N with tert-alkyl or cyclic N) is 1. The molecule has 2 saturated carbocycles. The van der Waals surface area contributed by atoms with E-state index in [-0.39, 0.29) is 81.8 Å². The summed E-state index contributed by atoms with van der Waals surface area (Å²) >= 11 is 1.48. The number of thiazole rings is 1. The Hall–Kier alpha value is -6.61. The molecule has 6 atom stereocenters. The van der Waals surface area contributed by atoms with Gasteiger partial charge in [-0.05, 0) is 55.2 Å².